The third-order valence-electron chi connectivity index (χ3n) is 2.94. The lowest BCUT2D eigenvalue weighted by molar-refractivity contribution is -0.904. The van der Waals surface area contributed by atoms with Crippen LogP contribution in [0.25, 0.3) is 0 Å². The molecule has 0 amide bonds. The quantitative estimate of drug-likeness (QED) is 0.697. The third kappa shape index (κ3) is 5.35. The number of quaternary nitrogens is 1. The van der Waals surface area contributed by atoms with Gasteiger partial charge < -0.3 is 4.90 Å². The molecule has 0 unspecified atom stereocenters. The smallest absolute Gasteiger partial charge is 0.335 e. The molecule has 0 bridgehead atoms. The standard InChI is InChI=1S/C8H17N.C4BN4/c1-2-6-9-7-4-3-5-8-9;6-1-5(2-7,3-8)4-9/h2-8H2,1H3;/q;-1/p+1. The number of likely N-dealkylation sites (tertiary alicyclic amines) is 1. The molecule has 1 N–H and O–H groups in total. The third-order valence-corrected chi connectivity index (χ3v) is 2.94. The van der Waals surface area contributed by atoms with Gasteiger partial charge in [0.15, 0.2) is 0 Å². The van der Waals surface area contributed by atoms with Crippen molar-refractivity contribution in [2.75, 3.05) is 19.6 Å². The van der Waals surface area contributed by atoms with Crippen molar-refractivity contribution in [3.05, 3.63) is 0 Å². The highest BCUT2D eigenvalue weighted by Crippen LogP contribution is 1.94. The van der Waals surface area contributed by atoms with E-state index in [9.17, 15) is 0 Å². The largest absolute Gasteiger partial charge is 0.383 e. The number of nitrogens with zero attached hydrogens (tertiary/aromatic N) is 4. The Morgan fingerprint density at radius 1 is 0.889 bits per heavy atom. The van der Waals surface area contributed by atoms with Crippen LogP contribution in [0, 0.1) is 44.9 Å². The van der Waals surface area contributed by atoms with E-state index in [0.29, 0.717) is 0 Å². The van der Waals surface area contributed by atoms with Crippen molar-refractivity contribution in [2.45, 2.75) is 32.6 Å². The predicted octanol–water partition coefficient (Wildman–Crippen LogP) is 0.152. The van der Waals surface area contributed by atoms with Crippen LogP contribution in [-0.4, -0.2) is 25.8 Å². The van der Waals surface area contributed by atoms with Gasteiger partial charge in [0.25, 0.3) is 0 Å². The first-order chi connectivity index (χ1) is 8.67. The van der Waals surface area contributed by atoms with Crippen LogP contribution < -0.4 is 4.90 Å². The molecule has 1 aliphatic heterocycles. The van der Waals surface area contributed by atoms with Gasteiger partial charge in [0.2, 0.25) is 0 Å². The van der Waals surface area contributed by atoms with Gasteiger partial charge in [-0.2, -0.15) is 0 Å². The van der Waals surface area contributed by atoms with E-state index in [1.165, 1.54) is 69.2 Å². The second kappa shape index (κ2) is 9.06. The molecule has 1 saturated heterocycles. The molecule has 0 aromatic rings. The number of piperidine rings is 1. The average molecular weight is 243 g/mol. The minimum absolute atomic E-state index is 1.34. The van der Waals surface area contributed by atoms with Crippen LogP contribution in [0.2, 0.25) is 0 Å². The Morgan fingerprint density at radius 3 is 1.61 bits per heavy atom. The fourth-order valence-corrected chi connectivity index (χ4v) is 1.83. The Bertz CT molecular complexity index is 336. The van der Waals surface area contributed by atoms with E-state index in [4.69, 9.17) is 21.0 Å². The second-order valence-electron chi connectivity index (χ2n) is 4.44. The molecule has 6 heteroatoms. The molecule has 0 aliphatic carbocycles. The van der Waals surface area contributed by atoms with Crippen molar-refractivity contribution in [1.82, 2.24) is 0 Å². The van der Waals surface area contributed by atoms with Crippen LogP contribution in [0.1, 0.15) is 32.6 Å². The highest BCUT2D eigenvalue weighted by Gasteiger charge is 2.22. The van der Waals surface area contributed by atoms with Crippen molar-refractivity contribution in [3.8, 4) is 23.9 Å². The zero-order valence-electron chi connectivity index (χ0n) is 10.8. The summed E-state index contributed by atoms with van der Waals surface area (Å²) < 4.78 is 0. The van der Waals surface area contributed by atoms with E-state index in [1.54, 1.807) is 0 Å². The van der Waals surface area contributed by atoms with Gasteiger partial charge in [-0.25, -0.2) is 21.0 Å². The average Bonchev–Trinajstić information content (AvgIpc) is 2.44. The van der Waals surface area contributed by atoms with Crippen LogP contribution in [0.15, 0.2) is 0 Å². The van der Waals surface area contributed by atoms with Gasteiger partial charge in [-0.05, 0) is 25.7 Å². The molecular formula is C12H18BN5. The van der Waals surface area contributed by atoms with Crippen LogP contribution in [0.3, 0.4) is 0 Å². The maximum absolute atomic E-state index is 8.09. The first kappa shape index (κ1) is 16.0. The lowest BCUT2D eigenvalue weighted by atomic mass is 9.30. The van der Waals surface area contributed by atoms with Gasteiger partial charge in [0, 0.05) is 0 Å². The summed E-state index contributed by atoms with van der Waals surface area (Å²) in [4.78, 5) is 1.84. The van der Waals surface area contributed by atoms with Gasteiger partial charge in [0.05, 0.1) is 19.6 Å². The highest BCUT2D eigenvalue weighted by molar-refractivity contribution is 7.05. The van der Waals surface area contributed by atoms with Crippen LogP contribution >= 0.6 is 0 Å². The summed E-state index contributed by atoms with van der Waals surface area (Å²) in [5, 5.41) is 32.3. The first-order valence-corrected chi connectivity index (χ1v) is 6.32. The number of nitrogens with one attached hydrogen (secondary N) is 1. The highest BCUT2D eigenvalue weighted by atomic mass is 15.1. The van der Waals surface area contributed by atoms with Gasteiger partial charge in [-0.3, -0.25) is 0 Å². The Labute approximate surface area is 109 Å². The van der Waals surface area contributed by atoms with Gasteiger partial charge in [0.1, 0.15) is 0 Å². The van der Waals surface area contributed by atoms with Crippen LogP contribution in [-0.2, 0) is 0 Å². The molecule has 1 heterocycles. The van der Waals surface area contributed by atoms with Crippen molar-refractivity contribution < 1.29 is 4.90 Å². The molecule has 18 heavy (non-hydrogen) atoms. The fraction of sp³-hybridized carbons (Fsp3) is 0.667. The molecule has 1 aliphatic rings. The normalized spacial score (nSPS) is 14.9. The summed E-state index contributed by atoms with van der Waals surface area (Å²) in [7, 11) is 0. The molecule has 1 rings (SSSR count). The number of nitriles is 4. The fourth-order valence-electron chi connectivity index (χ4n) is 1.83. The summed E-state index contributed by atoms with van der Waals surface area (Å²) in [6.45, 7) is 6.56. The first-order valence-electron chi connectivity index (χ1n) is 6.32. The van der Waals surface area contributed by atoms with Crippen molar-refractivity contribution in [2.24, 2.45) is 0 Å². The Morgan fingerprint density at radius 2 is 1.33 bits per heavy atom. The Hall–Kier alpha value is -2.02. The van der Waals surface area contributed by atoms with Crippen LogP contribution in [0.4, 0.5) is 0 Å². The maximum atomic E-state index is 8.09. The van der Waals surface area contributed by atoms with Crippen molar-refractivity contribution in [3.63, 3.8) is 0 Å². The van der Waals surface area contributed by atoms with Crippen molar-refractivity contribution >= 4 is 6.15 Å². The molecule has 5 nitrogen and oxygen atoms in total. The predicted molar refractivity (Wildman–Crippen MR) is 67.9 cm³/mol. The second-order valence-corrected chi connectivity index (χ2v) is 4.44. The van der Waals surface area contributed by atoms with E-state index in [-0.39, 0.29) is 0 Å². The van der Waals surface area contributed by atoms with Gasteiger partial charge in [-0.1, -0.05) is 6.92 Å². The monoisotopic (exact) mass is 243 g/mol. The van der Waals surface area contributed by atoms with E-state index in [0.717, 1.165) is 0 Å². The molecule has 0 spiro atoms. The summed E-state index contributed by atoms with van der Waals surface area (Å²) in [5.41, 5.74) is 0. The van der Waals surface area contributed by atoms with E-state index in [2.05, 4.69) is 6.92 Å². The molecule has 94 valence electrons. The summed E-state index contributed by atoms with van der Waals surface area (Å²) in [6.07, 6.45) is 3.05. The number of hydrogen-bond acceptors (Lipinski definition) is 4. The molecule has 0 saturated carbocycles. The molecule has 0 atom stereocenters. The Balaban J connectivity index is 0.000000321. The minimum atomic E-state index is -2.72. The molecule has 0 aromatic heterocycles. The SMILES string of the molecule is CCC[NH+]1CCCCC1.N#C[B-](C#N)(C#N)C#N. The molecule has 1 fully saturated rings. The lowest BCUT2D eigenvalue weighted by Crippen LogP contribution is -3.12. The van der Waals surface area contributed by atoms with Gasteiger partial charge >= 0.3 is 6.15 Å². The molecule has 0 radical (unpaired) electrons. The minimum Gasteiger partial charge on any atom is -0.335 e. The number of rotatable bonds is 2. The van der Waals surface area contributed by atoms with Gasteiger partial charge in [-0.15, -0.1) is 23.9 Å². The molecular weight excluding hydrogens is 225 g/mol. The zero-order chi connectivity index (χ0) is 13.9. The summed E-state index contributed by atoms with van der Waals surface area (Å²) in [5.74, 6) is 5.38. The zero-order valence-corrected chi connectivity index (χ0v) is 10.8. The van der Waals surface area contributed by atoms with E-state index >= 15 is 0 Å². The molecule has 0 aromatic carbocycles. The maximum Gasteiger partial charge on any atom is 0.383 e. The van der Waals surface area contributed by atoms with Crippen LogP contribution in [0.5, 0.6) is 0 Å². The van der Waals surface area contributed by atoms with E-state index in [1.807, 2.05) is 4.90 Å². The Kier molecular flexibility index (Phi) is 8.05. The summed E-state index contributed by atoms with van der Waals surface area (Å²) in [6, 6.07) is 0. The topological polar surface area (TPSA) is 99.6 Å². The van der Waals surface area contributed by atoms with Crippen molar-refractivity contribution in [1.29, 1.82) is 21.0 Å². The van der Waals surface area contributed by atoms with E-state index < -0.39 is 6.15 Å². The lowest BCUT2D eigenvalue weighted by Gasteiger charge is -2.22. The number of hydrogen-bond donors (Lipinski definition) is 1. The summed E-state index contributed by atoms with van der Waals surface area (Å²) >= 11 is 0.